The molecule has 1 atom stereocenters. The minimum absolute atomic E-state index is 0.186. The molecular weight excluding hydrogens is 435 g/mol. The number of benzene rings is 1. The predicted octanol–water partition coefficient (Wildman–Crippen LogP) is 2.66. The van der Waals surface area contributed by atoms with Crippen LogP contribution in [-0.2, 0) is 23.8 Å². The number of halogens is 3. The van der Waals surface area contributed by atoms with Gasteiger partial charge in [0.1, 0.15) is 11.4 Å². The van der Waals surface area contributed by atoms with E-state index in [1.54, 1.807) is 0 Å². The number of imide groups is 1. The fourth-order valence-corrected chi connectivity index (χ4v) is 4.89. The largest absolute Gasteiger partial charge is 0.417 e. The number of amides is 3. The molecule has 1 spiro atoms. The Morgan fingerprint density at radius 3 is 2.39 bits per heavy atom. The molecule has 1 aliphatic carbocycles. The highest BCUT2D eigenvalue weighted by atomic mass is 19.4. The first-order chi connectivity index (χ1) is 15.7. The van der Waals surface area contributed by atoms with E-state index in [0.29, 0.717) is 44.8 Å². The minimum atomic E-state index is -4.41. The van der Waals surface area contributed by atoms with E-state index in [4.69, 9.17) is 0 Å². The van der Waals surface area contributed by atoms with Crippen LogP contribution in [0.15, 0.2) is 42.6 Å². The summed E-state index contributed by atoms with van der Waals surface area (Å²) in [4.78, 5) is 35.1. The van der Waals surface area contributed by atoms with Crippen LogP contribution in [0.5, 0.6) is 0 Å². The quantitative estimate of drug-likeness (QED) is 0.715. The van der Waals surface area contributed by atoms with Crippen molar-refractivity contribution < 1.29 is 22.8 Å². The van der Waals surface area contributed by atoms with Crippen LogP contribution in [0, 0.1) is 0 Å². The summed E-state index contributed by atoms with van der Waals surface area (Å²) in [6, 6.07) is 10.0. The molecule has 1 N–H and O–H groups in total. The first-order valence-electron chi connectivity index (χ1n) is 11.0. The number of anilines is 1. The van der Waals surface area contributed by atoms with Crippen LogP contribution in [0.4, 0.5) is 23.8 Å². The first kappa shape index (κ1) is 21.7. The second-order valence-corrected chi connectivity index (χ2v) is 8.84. The number of nitrogens with zero attached hydrogens (tertiary/aromatic N) is 4. The number of hydrogen-bond acceptors (Lipinski definition) is 5. The zero-order chi connectivity index (χ0) is 23.2. The van der Waals surface area contributed by atoms with E-state index in [-0.39, 0.29) is 18.6 Å². The molecule has 7 nitrogen and oxygen atoms in total. The topological polar surface area (TPSA) is 68.8 Å². The smallest absolute Gasteiger partial charge is 0.354 e. The lowest BCUT2D eigenvalue weighted by atomic mass is 9.78. The van der Waals surface area contributed by atoms with E-state index >= 15 is 0 Å². The van der Waals surface area contributed by atoms with Crippen LogP contribution in [0.25, 0.3) is 0 Å². The molecule has 5 rings (SSSR count). The van der Waals surface area contributed by atoms with Crippen LogP contribution >= 0.6 is 0 Å². The molecule has 174 valence electrons. The molecule has 0 radical (unpaired) electrons. The summed E-state index contributed by atoms with van der Waals surface area (Å²) >= 11 is 0. The van der Waals surface area contributed by atoms with Crippen molar-refractivity contribution in [1.29, 1.82) is 0 Å². The minimum Gasteiger partial charge on any atom is -0.354 e. The van der Waals surface area contributed by atoms with E-state index in [9.17, 15) is 22.8 Å². The molecule has 2 saturated heterocycles. The second-order valence-electron chi connectivity index (χ2n) is 8.84. The molecule has 0 bridgehead atoms. The van der Waals surface area contributed by atoms with Crippen molar-refractivity contribution in [2.24, 2.45) is 0 Å². The maximum atomic E-state index is 13.3. The standard InChI is InChI=1S/C23H24F3N5O2/c24-23(25,26)18-5-6-19(27-14-18)30-11-9-29(10-12-30)15-31-20(32)22(28-21(31)33)8-7-16-3-1-2-4-17(16)13-22/h1-6,14H,7-13,15H2,(H,28,33). The van der Waals surface area contributed by atoms with Crippen molar-refractivity contribution >= 4 is 17.8 Å². The Labute approximate surface area is 189 Å². The lowest BCUT2D eigenvalue weighted by Crippen LogP contribution is -2.53. The Morgan fingerprint density at radius 1 is 1.00 bits per heavy atom. The molecule has 3 heterocycles. The number of carbonyl (C=O) groups excluding carboxylic acids is 2. The fourth-order valence-electron chi connectivity index (χ4n) is 4.89. The molecule has 0 saturated carbocycles. The molecule has 3 amide bonds. The average Bonchev–Trinajstić information content (AvgIpc) is 3.03. The molecule has 3 aliphatic rings. The Hall–Kier alpha value is -3.14. The van der Waals surface area contributed by atoms with Gasteiger partial charge in [0.2, 0.25) is 0 Å². The monoisotopic (exact) mass is 459 g/mol. The summed E-state index contributed by atoms with van der Waals surface area (Å²) in [5, 5.41) is 2.95. The van der Waals surface area contributed by atoms with Gasteiger partial charge >= 0.3 is 12.2 Å². The number of carbonyl (C=O) groups is 2. The highest BCUT2D eigenvalue weighted by molar-refractivity contribution is 6.07. The zero-order valence-electron chi connectivity index (χ0n) is 17.9. The van der Waals surface area contributed by atoms with Gasteiger partial charge in [0, 0.05) is 38.8 Å². The Balaban J connectivity index is 1.20. The Morgan fingerprint density at radius 2 is 1.73 bits per heavy atom. The fraction of sp³-hybridized carbons (Fsp3) is 0.435. The van der Waals surface area contributed by atoms with Crippen LogP contribution < -0.4 is 10.2 Å². The third kappa shape index (κ3) is 4.03. The van der Waals surface area contributed by atoms with Crippen LogP contribution in [0.3, 0.4) is 0 Å². The molecule has 2 aliphatic heterocycles. The number of urea groups is 1. The number of fused-ring (bicyclic) bond motifs is 1. The Kier molecular flexibility index (Phi) is 5.27. The maximum absolute atomic E-state index is 13.3. The molecule has 1 aromatic heterocycles. The van der Waals surface area contributed by atoms with Gasteiger partial charge in [-0.1, -0.05) is 24.3 Å². The molecule has 2 fully saturated rings. The lowest BCUT2D eigenvalue weighted by Gasteiger charge is -2.37. The van der Waals surface area contributed by atoms with Gasteiger partial charge in [-0.3, -0.25) is 9.69 Å². The molecule has 2 aromatic rings. The summed E-state index contributed by atoms with van der Waals surface area (Å²) < 4.78 is 38.3. The first-order valence-corrected chi connectivity index (χ1v) is 11.0. The highest BCUT2D eigenvalue weighted by Gasteiger charge is 2.52. The molecule has 33 heavy (non-hydrogen) atoms. The number of hydrogen-bond donors (Lipinski definition) is 1. The van der Waals surface area contributed by atoms with Gasteiger partial charge in [-0.2, -0.15) is 13.2 Å². The number of alkyl halides is 3. The van der Waals surface area contributed by atoms with E-state index in [1.165, 1.54) is 16.5 Å². The zero-order valence-corrected chi connectivity index (χ0v) is 17.9. The normalized spacial score (nSPS) is 23.7. The number of pyridine rings is 1. The van der Waals surface area contributed by atoms with Crippen molar-refractivity contribution in [2.45, 2.75) is 31.0 Å². The molecular formula is C23H24F3N5O2. The SMILES string of the molecule is O=C1NC2(CCc3ccccc3C2)C(=O)N1CN1CCN(c2ccc(C(F)(F)F)cn2)CC1. The Bertz CT molecular complexity index is 1070. The van der Waals surface area contributed by atoms with Gasteiger partial charge in [0.15, 0.2) is 0 Å². The average molecular weight is 459 g/mol. The third-order valence-corrected chi connectivity index (χ3v) is 6.79. The van der Waals surface area contributed by atoms with Gasteiger partial charge in [0.05, 0.1) is 12.2 Å². The van der Waals surface area contributed by atoms with Crippen LogP contribution in [0.1, 0.15) is 23.1 Å². The van der Waals surface area contributed by atoms with E-state index in [1.807, 2.05) is 28.0 Å². The van der Waals surface area contributed by atoms with Gasteiger partial charge in [0.25, 0.3) is 5.91 Å². The van der Waals surface area contributed by atoms with Crippen molar-refractivity contribution in [3.63, 3.8) is 0 Å². The summed E-state index contributed by atoms with van der Waals surface area (Å²) in [5.41, 5.74) is 0.661. The summed E-state index contributed by atoms with van der Waals surface area (Å²) in [6.45, 7) is 2.41. The second kappa shape index (κ2) is 8.02. The summed E-state index contributed by atoms with van der Waals surface area (Å²) in [7, 11) is 0. The number of piperazine rings is 1. The maximum Gasteiger partial charge on any atom is 0.417 e. The molecule has 1 unspecified atom stereocenters. The number of rotatable bonds is 3. The predicted molar refractivity (Wildman–Crippen MR) is 114 cm³/mol. The molecule has 10 heteroatoms. The third-order valence-electron chi connectivity index (χ3n) is 6.79. The van der Waals surface area contributed by atoms with Crippen molar-refractivity contribution in [2.75, 3.05) is 37.7 Å². The van der Waals surface area contributed by atoms with Crippen LogP contribution in [-0.4, -0.2) is 65.1 Å². The van der Waals surface area contributed by atoms with Crippen molar-refractivity contribution in [1.82, 2.24) is 20.1 Å². The number of nitrogens with one attached hydrogen (secondary N) is 1. The van der Waals surface area contributed by atoms with Gasteiger partial charge in [-0.05, 0) is 36.1 Å². The summed E-state index contributed by atoms with van der Waals surface area (Å²) in [6.07, 6.45) is -1.74. The lowest BCUT2D eigenvalue weighted by molar-refractivity contribution is -0.138. The summed E-state index contributed by atoms with van der Waals surface area (Å²) in [5.74, 6) is 0.298. The van der Waals surface area contributed by atoms with E-state index in [0.717, 1.165) is 24.2 Å². The molecule has 1 aromatic carbocycles. The van der Waals surface area contributed by atoms with Crippen molar-refractivity contribution in [3.05, 3.63) is 59.3 Å². The van der Waals surface area contributed by atoms with Gasteiger partial charge in [-0.25, -0.2) is 14.7 Å². The van der Waals surface area contributed by atoms with Gasteiger partial charge in [-0.15, -0.1) is 0 Å². The highest BCUT2D eigenvalue weighted by Crippen LogP contribution is 2.34. The van der Waals surface area contributed by atoms with E-state index in [2.05, 4.69) is 16.4 Å². The number of aromatic nitrogens is 1. The van der Waals surface area contributed by atoms with E-state index < -0.39 is 17.3 Å². The van der Waals surface area contributed by atoms with Crippen LogP contribution in [0.2, 0.25) is 0 Å². The number of aryl methyl sites for hydroxylation is 1. The van der Waals surface area contributed by atoms with Gasteiger partial charge < -0.3 is 10.2 Å². The van der Waals surface area contributed by atoms with Crippen molar-refractivity contribution in [3.8, 4) is 0 Å².